The minimum absolute atomic E-state index is 0.135. The van der Waals surface area contributed by atoms with E-state index in [1.165, 1.54) is 6.92 Å². The van der Waals surface area contributed by atoms with Gasteiger partial charge in [0.1, 0.15) is 0 Å². The second kappa shape index (κ2) is 4.29. The average molecular weight is 254 g/mol. The van der Waals surface area contributed by atoms with Gasteiger partial charge in [0.05, 0.1) is 5.69 Å². The van der Waals surface area contributed by atoms with Crippen LogP contribution in [0.4, 0.5) is 13.2 Å². The second-order valence-electron chi connectivity index (χ2n) is 3.71. The molecule has 2 aromatic rings. The molecule has 1 heterocycles. The van der Waals surface area contributed by atoms with Crippen molar-refractivity contribution in [1.29, 1.82) is 0 Å². The average Bonchev–Trinajstić information content (AvgIpc) is 2.74. The second-order valence-corrected chi connectivity index (χ2v) is 3.71. The lowest BCUT2D eigenvalue weighted by molar-refractivity contribution is -0.141. The molecule has 0 aliphatic carbocycles. The van der Waals surface area contributed by atoms with Gasteiger partial charge in [0.25, 0.3) is 0 Å². The first-order valence-corrected chi connectivity index (χ1v) is 5.13. The van der Waals surface area contributed by atoms with Crippen molar-refractivity contribution in [3.8, 4) is 11.3 Å². The molecule has 0 atom stereocenters. The molecule has 0 aliphatic rings. The van der Waals surface area contributed by atoms with Crippen LogP contribution in [0.15, 0.2) is 36.4 Å². The fraction of sp³-hybridized carbons (Fsp3) is 0.167. The van der Waals surface area contributed by atoms with Crippen LogP contribution in [0.2, 0.25) is 0 Å². The summed E-state index contributed by atoms with van der Waals surface area (Å²) in [5.74, 6) is -0.565. The third-order valence-corrected chi connectivity index (χ3v) is 2.37. The van der Waals surface area contributed by atoms with Crippen LogP contribution < -0.4 is 0 Å². The van der Waals surface area contributed by atoms with Crippen LogP contribution in [0.25, 0.3) is 11.3 Å². The maximum Gasteiger partial charge on any atom is 0.435 e. The lowest BCUT2D eigenvalue weighted by Crippen LogP contribution is -2.12. The van der Waals surface area contributed by atoms with Crippen molar-refractivity contribution in [1.82, 2.24) is 9.78 Å². The molecule has 0 aliphatic heterocycles. The van der Waals surface area contributed by atoms with E-state index in [1.54, 1.807) is 30.3 Å². The zero-order chi connectivity index (χ0) is 13.3. The normalized spacial score (nSPS) is 11.6. The van der Waals surface area contributed by atoms with E-state index in [4.69, 9.17) is 0 Å². The van der Waals surface area contributed by atoms with Gasteiger partial charge in [0.2, 0.25) is 5.91 Å². The van der Waals surface area contributed by atoms with Crippen molar-refractivity contribution in [3.05, 3.63) is 42.1 Å². The maximum absolute atomic E-state index is 12.6. The Morgan fingerprint density at radius 1 is 1.22 bits per heavy atom. The molecule has 6 heteroatoms. The lowest BCUT2D eigenvalue weighted by Gasteiger charge is -2.02. The number of halogens is 3. The van der Waals surface area contributed by atoms with Gasteiger partial charge < -0.3 is 0 Å². The first kappa shape index (κ1) is 12.3. The van der Waals surface area contributed by atoms with Gasteiger partial charge in [-0.1, -0.05) is 30.3 Å². The third-order valence-electron chi connectivity index (χ3n) is 2.37. The maximum atomic E-state index is 12.6. The van der Waals surface area contributed by atoms with Crippen LogP contribution in [-0.4, -0.2) is 15.7 Å². The van der Waals surface area contributed by atoms with Crippen LogP contribution in [0.5, 0.6) is 0 Å². The zero-order valence-corrected chi connectivity index (χ0v) is 9.40. The highest BCUT2D eigenvalue weighted by molar-refractivity contribution is 5.81. The fourth-order valence-electron chi connectivity index (χ4n) is 1.57. The number of aromatic nitrogens is 2. The highest BCUT2D eigenvalue weighted by atomic mass is 19.4. The minimum Gasteiger partial charge on any atom is -0.273 e. The molecule has 0 N–H and O–H groups in total. The topological polar surface area (TPSA) is 34.9 Å². The Kier molecular flexibility index (Phi) is 2.94. The molecule has 0 unspecified atom stereocenters. The summed E-state index contributed by atoms with van der Waals surface area (Å²) in [6.45, 7) is 1.17. The quantitative estimate of drug-likeness (QED) is 0.783. The molecule has 1 aromatic carbocycles. The Balaban J connectivity index is 2.60. The van der Waals surface area contributed by atoms with E-state index in [9.17, 15) is 18.0 Å². The van der Waals surface area contributed by atoms with Crippen molar-refractivity contribution in [2.45, 2.75) is 13.1 Å². The predicted octanol–water partition coefficient (Wildman–Crippen LogP) is 3.23. The monoisotopic (exact) mass is 254 g/mol. The molecule has 2 rings (SSSR count). The summed E-state index contributed by atoms with van der Waals surface area (Å²) in [4.78, 5) is 11.3. The van der Waals surface area contributed by atoms with Crippen LogP contribution in [0.1, 0.15) is 17.4 Å². The highest BCUT2D eigenvalue weighted by Crippen LogP contribution is 2.31. The van der Waals surface area contributed by atoms with Gasteiger partial charge >= 0.3 is 6.18 Å². The van der Waals surface area contributed by atoms with Crippen LogP contribution in [0, 0.1) is 0 Å². The van der Waals surface area contributed by atoms with Crippen molar-refractivity contribution < 1.29 is 18.0 Å². The summed E-state index contributed by atoms with van der Waals surface area (Å²) in [5.41, 5.74) is -0.428. The van der Waals surface area contributed by atoms with Crippen molar-refractivity contribution in [2.75, 3.05) is 0 Å². The predicted molar refractivity (Wildman–Crippen MR) is 59.0 cm³/mol. The molecule has 18 heavy (non-hydrogen) atoms. The Morgan fingerprint density at radius 3 is 2.33 bits per heavy atom. The Labute approximate surface area is 101 Å². The smallest absolute Gasteiger partial charge is 0.273 e. The largest absolute Gasteiger partial charge is 0.435 e. The lowest BCUT2D eigenvalue weighted by atomic mass is 10.1. The third kappa shape index (κ3) is 2.27. The molecule has 0 spiro atoms. The van der Waals surface area contributed by atoms with Gasteiger partial charge in [-0.25, -0.2) is 0 Å². The number of hydrogen-bond donors (Lipinski definition) is 0. The van der Waals surface area contributed by atoms with E-state index in [1.807, 2.05) is 0 Å². The van der Waals surface area contributed by atoms with Crippen LogP contribution >= 0.6 is 0 Å². The van der Waals surface area contributed by atoms with Gasteiger partial charge in [-0.15, -0.1) is 0 Å². The van der Waals surface area contributed by atoms with Crippen LogP contribution in [0.3, 0.4) is 0 Å². The fourth-order valence-corrected chi connectivity index (χ4v) is 1.57. The number of alkyl halides is 3. The van der Waals surface area contributed by atoms with E-state index in [0.717, 1.165) is 10.7 Å². The van der Waals surface area contributed by atoms with E-state index in [2.05, 4.69) is 5.10 Å². The Morgan fingerprint density at radius 2 is 1.83 bits per heavy atom. The molecule has 0 amide bonds. The van der Waals surface area contributed by atoms with E-state index in [-0.39, 0.29) is 5.69 Å². The van der Waals surface area contributed by atoms with Crippen molar-refractivity contribution >= 4 is 5.91 Å². The van der Waals surface area contributed by atoms with Crippen molar-refractivity contribution in [2.24, 2.45) is 0 Å². The zero-order valence-electron chi connectivity index (χ0n) is 9.40. The first-order valence-electron chi connectivity index (χ1n) is 5.13. The Bertz CT molecular complexity index is 573. The summed E-state index contributed by atoms with van der Waals surface area (Å²) in [6, 6.07) is 9.22. The molecule has 1 aromatic heterocycles. The number of nitrogens with zero attached hydrogens (tertiary/aromatic N) is 2. The van der Waals surface area contributed by atoms with Crippen LogP contribution in [-0.2, 0) is 6.18 Å². The van der Waals surface area contributed by atoms with E-state index in [0.29, 0.717) is 5.56 Å². The van der Waals surface area contributed by atoms with Gasteiger partial charge in [-0.2, -0.15) is 23.0 Å². The first-order chi connectivity index (χ1) is 8.39. The van der Waals surface area contributed by atoms with Gasteiger partial charge in [0.15, 0.2) is 5.69 Å². The SMILES string of the molecule is CC(=O)n1nc(C(F)(F)F)cc1-c1ccccc1. The summed E-state index contributed by atoms with van der Waals surface area (Å²) in [7, 11) is 0. The number of carbonyl (C=O) groups is 1. The number of benzene rings is 1. The molecule has 0 saturated carbocycles. The van der Waals surface area contributed by atoms with E-state index < -0.39 is 17.8 Å². The molecule has 3 nitrogen and oxygen atoms in total. The molecule has 0 bridgehead atoms. The molecule has 94 valence electrons. The summed E-state index contributed by atoms with van der Waals surface area (Å²) < 4.78 is 38.5. The van der Waals surface area contributed by atoms with E-state index >= 15 is 0 Å². The highest BCUT2D eigenvalue weighted by Gasteiger charge is 2.35. The van der Waals surface area contributed by atoms with Crippen molar-refractivity contribution in [3.63, 3.8) is 0 Å². The molecular weight excluding hydrogens is 245 g/mol. The molecule has 0 fully saturated rings. The summed E-state index contributed by atoms with van der Waals surface area (Å²) in [6.07, 6.45) is -4.57. The van der Waals surface area contributed by atoms with Gasteiger partial charge in [0, 0.05) is 12.5 Å². The summed E-state index contributed by atoms with van der Waals surface area (Å²) in [5, 5.41) is 3.30. The molecular formula is C12H9F3N2O. The number of rotatable bonds is 1. The minimum atomic E-state index is -4.57. The number of hydrogen-bond acceptors (Lipinski definition) is 2. The molecule has 0 radical (unpaired) electrons. The standard InChI is InChI=1S/C12H9F3N2O/c1-8(18)17-10(9-5-3-2-4-6-9)7-11(16-17)12(13,14)15/h2-7H,1H3. The number of carbonyl (C=O) groups excluding carboxylic acids is 1. The summed E-state index contributed by atoms with van der Waals surface area (Å²) >= 11 is 0. The molecule has 0 saturated heterocycles. The van der Waals surface area contributed by atoms with Gasteiger partial charge in [-0.3, -0.25) is 4.79 Å². The Hall–Kier alpha value is -2.11. The van der Waals surface area contributed by atoms with Gasteiger partial charge in [-0.05, 0) is 6.07 Å².